The van der Waals surface area contributed by atoms with Crippen molar-refractivity contribution in [1.82, 2.24) is 0 Å². The number of fused-ring (bicyclic) bond motifs is 1. The monoisotopic (exact) mass is 296 g/mol. The minimum atomic E-state index is -0.369. The zero-order valence-electron chi connectivity index (χ0n) is 11.5. The van der Waals surface area contributed by atoms with Crippen molar-refractivity contribution in [3.63, 3.8) is 0 Å². The fourth-order valence-electron chi connectivity index (χ4n) is 3.34. The van der Waals surface area contributed by atoms with Gasteiger partial charge in [0, 0.05) is 11.3 Å². The molecule has 0 radical (unpaired) electrons. The SMILES string of the molecule is OC1CCCc2c(OC[C@@H]3C[C@H](Cl)C[C@H]3O)cccc21. The fraction of sp³-hybridized carbons (Fsp3) is 0.625. The van der Waals surface area contributed by atoms with Crippen LogP contribution in [0, 0.1) is 5.92 Å². The number of hydrogen-bond acceptors (Lipinski definition) is 3. The van der Waals surface area contributed by atoms with Crippen LogP contribution in [0.25, 0.3) is 0 Å². The molecule has 1 fully saturated rings. The lowest BCUT2D eigenvalue weighted by molar-refractivity contribution is 0.0975. The lowest BCUT2D eigenvalue weighted by Gasteiger charge is -2.24. The van der Waals surface area contributed by atoms with Crippen LogP contribution in [0.2, 0.25) is 0 Å². The van der Waals surface area contributed by atoms with E-state index in [1.807, 2.05) is 18.2 Å². The Morgan fingerprint density at radius 3 is 2.85 bits per heavy atom. The summed E-state index contributed by atoms with van der Waals surface area (Å²) in [6, 6.07) is 5.86. The van der Waals surface area contributed by atoms with Crippen molar-refractivity contribution >= 4 is 11.6 Å². The van der Waals surface area contributed by atoms with Crippen LogP contribution in [-0.4, -0.2) is 28.3 Å². The van der Waals surface area contributed by atoms with E-state index >= 15 is 0 Å². The van der Waals surface area contributed by atoms with Crippen molar-refractivity contribution in [1.29, 1.82) is 0 Å². The summed E-state index contributed by atoms with van der Waals surface area (Å²) in [5.74, 6) is 0.966. The van der Waals surface area contributed by atoms with Crippen molar-refractivity contribution in [3.8, 4) is 5.75 Å². The molecular weight excluding hydrogens is 276 g/mol. The van der Waals surface area contributed by atoms with Crippen LogP contribution in [0.15, 0.2) is 18.2 Å². The molecule has 3 nitrogen and oxygen atoms in total. The van der Waals surface area contributed by atoms with Gasteiger partial charge in [-0.15, -0.1) is 11.6 Å². The van der Waals surface area contributed by atoms with Gasteiger partial charge in [-0.25, -0.2) is 0 Å². The first-order chi connectivity index (χ1) is 9.65. The third-order valence-corrected chi connectivity index (χ3v) is 4.84. The Balaban J connectivity index is 1.70. The van der Waals surface area contributed by atoms with Gasteiger partial charge >= 0.3 is 0 Å². The Labute approximate surface area is 124 Å². The highest BCUT2D eigenvalue weighted by Gasteiger charge is 2.32. The van der Waals surface area contributed by atoms with Crippen LogP contribution in [0.5, 0.6) is 5.75 Å². The molecule has 2 aliphatic carbocycles. The molecule has 2 aliphatic rings. The van der Waals surface area contributed by atoms with Crippen LogP contribution in [-0.2, 0) is 6.42 Å². The summed E-state index contributed by atoms with van der Waals surface area (Å²) in [5, 5.41) is 20.0. The summed E-state index contributed by atoms with van der Waals surface area (Å²) in [6.07, 6.45) is 3.50. The molecule has 110 valence electrons. The summed E-state index contributed by atoms with van der Waals surface area (Å²) in [7, 11) is 0. The van der Waals surface area contributed by atoms with Crippen LogP contribution >= 0.6 is 11.6 Å². The van der Waals surface area contributed by atoms with Crippen molar-refractivity contribution in [2.75, 3.05) is 6.61 Å². The molecular formula is C16H21ClO3. The van der Waals surface area contributed by atoms with Gasteiger partial charge in [-0.1, -0.05) is 12.1 Å². The summed E-state index contributed by atoms with van der Waals surface area (Å²) < 4.78 is 5.93. The zero-order chi connectivity index (χ0) is 14.1. The van der Waals surface area contributed by atoms with Gasteiger partial charge in [0.1, 0.15) is 5.75 Å². The topological polar surface area (TPSA) is 49.7 Å². The second-order valence-electron chi connectivity index (χ2n) is 5.94. The minimum Gasteiger partial charge on any atom is -0.493 e. The molecule has 4 heteroatoms. The Kier molecular flexibility index (Phi) is 4.20. The van der Waals surface area contributed by atoms with E-state index in [2.05, 4.69) is 0 Å². The molecule has 3 rings (SSSR count). The summed E-state index contributed by atoms with van der Waals surface area (Å²) in [5.41, 5.74) is 2.12. The molecule has 4 atom stereocenters. The molecule has 1 aromatic carbocycles. The van der Waals surface area contributed by atoms with Crippen molar-refractivity contribution < 1.29 is 14.9 Å². The average Bonchev–Trinajstić information content (AvgIpc) is 2.75. The second kappa shape index (κ2) is 5.92. The standard InChI is InChI=1S/C16H21ClO3/c17-11-7-10(15(19)8-11)9-20-16-6-2-3-12-13(16)4-1-5-14(12)18/h2-3,6,10-11,14-15,18-19H,1,4-5,7-9H2/t10-,11-,14?,15+/m0/s1. The maximum absolute atomic E-state index is 10.0. The highest BCUT2D eigenvalue weighted by atomic mass is 35.5. The third kappa shape index (κ3) is 2.80. The van der Waals surface area contributed by atoms with E-state index in [4.69, 9.17) is 16.3 Å². The Morgan fingerprint density at radius 1 is 1.25 bits per heavy atom. The van der Waals surface area contributed by atoms with Crippen molar-refractivity contribution in [2.45, 2.75) is 49.7 Å². The predicted octanol–water partition coefficient (Wildman–Crippen LogP) is 2.81. The molecule has 0 aromatic heterocycles. The van der Waals surface area contributed by atoms with E-state index in [9.17, 15) is 10.2 Å². The van der Waals surface area contributed by atoms with Crippen LogP contribution in [0.4, 0.5) is 0 Å². The van der Waals surface area contributed by atoms with Gasteiger partial charge in [-0.05, 0) is 49.3 Å². The molecule has 1 aromatic rings. The highest BCUT2D eigenvalue weighted by Crippen LogP contribution is 2.36. The molecule has 1 saturated carbocycles. The Hall–Kier alpha value is -0.770. The number of alkyl halides is 1. The van der Waals surface area contributed by atoms with E-state index < -0.39 is 0 Å². The van der Waals surface area contributed by atoms with Crippen LogP contribution in [0.1, 0.15) is 42.9 Å². The van der Waals surface area contributed by atoms with Gasteiger partial charge in [0.2, 0.25) is 0 Å². The average molecular weight is 297 g/mol. The molecule has 0 heterocycles. The Morgan fingerprint density at radius 2 is 2.10 bits per heavy atom. The number of aliphatic hydroxyl groups excluding tert-OH is 2. The van der Waals surface area contributed by atoms with E-state index in [0.717, 1.165) is 42.6 Å². The first kappa shape index (κ1) is 14.2. The number of hydrogen-bond donors (Lipinski definition) is 2. The largest absolute Gasteiger partial charge is 0.493 e. The first-order valence-electron chi connectivity index (χ1n) is 7.40. The van der Waals surface area contributed by atoms with Gasteiger partial charge < -0.3 is 14.9 Å². The first-order valence-corrected chi connectivity index (χ1v) is 7.83. The molecule has 20 heavy (non-hydrogen) atoms. The van der Waals surface area contributed by atoms with Crippen molar-refractivity contribution in [3.05, 3.63) is 29.3 Å². The lowest BCUT2D eigenvalue weighted by atomic mass is 9.89. The van der Waals surface area contributed by atoms with Gasteiger partial charge in [-0.2, -0.15) is 0 Å². The molecule has 0 amide bonds. The van der Waals surface area contributed by atoms with E-state index in [0.29, 0.717) is 13.0 Å². The molecule has 0 saturated heterocycles. The fourth-order valence-corrected chi connectivity index (χ4v) is 3.75. The van der Waals surface area contributed by atoms with E-state index in [1.165, 1.54) is 0 Å². The van der Waals surface area contributed by atoms with Gasteiger partial charge in [-0.3, -0.25) is 0 Å². The Bertz CT molecular complexity index is 477. The number of ether oxygens (including phenoxy) is 1. The maximum atomic E-state index is 10.0. The normalized spacial score (nSPS) is 33.0. The predicted molar refractivity (Wildman–Crippen MR) is 78.2 cm³/mol. The van der Waals surface area contributed by atoms with E-state index in [-0.39, 0.29) is 23.5 Å². The molecule has 2 N–H and O–H groups in total. The molecule has 0 bridgehead atoms. The van der Waals surface area contributed by atoms with E-state index in [1.54, 1.807) is 0 Å². The van der Waals surface area contributed by atoms with Gasteiger partial charge in [0.15, 0.2) is 0 Å². The number of aliphatic hydroxyl groups is 2. The minimum absolute atomic E-state index is 0.0603. The van der Waals surface area contributed by atoms with Crippen LogP contribution in [0.3, 0.4) is 0 Å². The summed E-state index contributed by atoms with van der Waals surface area (Å²) >= 11 is 6.07. The maximum Gasteiger partial charge on any atom is 0.122 e. The number of halogens is 1. The number of benzene rings is 1. The zero-order valence-corrected chi connectivity index (χ0v) is 12.2. The quantitative estimate of drug-likeness (QED) is 0.843. The van der Waals surface area contributed by atoms with Crippen molar-refractivity contribution in [2.24, 2.45) is 5.92 Å². The van der Waals surface area contributed by atoms with Gasteiger partial charge in [0.25, 0.3) is 0 Å². The second-order valence-corrected chi connectivity index (χ2v) is 6.56. The summed E-state index contributed by atoms with van der Waals surface area (Å²) in [4.78, 5) is 0. The lowest BCUT2D eigenvalue weighted by Crippen LogP contribution is -2.21. The van der Waals surface area contributed by atoms with Gasteiger partial charge in [0.05, 0.1) is 18.8 Å². The molecule has 0 spiro atoms. The summed E-state index contributed by atoms with van der Waals surface area (Å²) in [6.45, 7) is 0.497. The third-order valence-electron chi connectivity index (χ3n) is 4.49. The molecule has 0 aliphatic heterocycles. The smallest absolute Gasteiger partial charge is 0.122 e. The molecule has 1 unspecified atom stereocenters. The number of rotatable bonds is 3. The highest BCUT2D eigenvalue weighted by molar-refractivity contribution is 6.20. The van der Waals surface area contributed by atoms with Crippen LogP contribution < -0.4 is 4.74 Å².